The van der Waals surface area contributed by atoms with Crippen molar-refractivity contribution in [2.45, 2.75) is 39.2 Å². The van der Waals surface area contributed by atoms with E-state index in [0.29, 0.717) is 5.92 Å². The smallest absolute Gasteiger partial charge is 0.112 e. The third-order valence-corrected chi connectivity index (χ3v) is 3.14. The van der Waals surface area contributed by atoms with Crippen LogP contribution in [-0.2, 0) is 12.6 Å². The Morgan fingerprint density at radius 2 is 1.94 bits per heavy atom. The highest BCUT2D eigenvalue weighted by Crippen LogP contribution is 2.26. The van der Waals surface area contributed by atoms with Crippen molar-refractivity contribution in [3.63, 3.8) is 0 Å². The summed E-state index contributed by atoms with van der Waals surface area (Å²) in [4.78, 5) is 4.62. The van der Waals surface area contributed by atoms with Crippen LogP contribution in [-0.4, -0.2) is 14.7 Å². The van der Waals surface area contributed by atoms with Crippen molar-refractivity contribution >= 4 is 11.0 Å². The van der Waals surface area contributed by atoms with E-state index < -0.39 is 5.60 Å². The molecule has 0 spiro atoms. The Labute approximate surface area is 102 Å². The Morgan fingerprint density at radius 3 is 2.47 bits per heavy atom. The number of hydrogen-bond acceptors (Lipinski definition) is 2. The van der Waals surface area contributed by atoms with Gasteiger partial charge in [0.1, 0.15) is 5.82 Å². The molecule has 17 heavy (non-hydrogen) atoms. The monoisotopic (exact) mass is 232 g/mol. The second-order valence-electron chi connectivity index (χ2n) is 5.45. The second kappa shape index (κ2) is 3.84. The summed E-state index contributed by atoms with van der Waals surface area (Å²) in [5.74, 6) is 1.48. The first-order valence-electron chi connectivity index (χ1n) is 6.00. The average molecular weight is 232 g/mol. The molecule has 1 aromatic heterocycles. The Kier molecular flexibility index (Phi) is 2.74. The standard InChI is InChI=1S/C14H20N2O/c1-9(2)13-15-11-7-6-10(14(3,4)17)8-12(11)16(13)5/h6-9,17H,1-5H3. The number of rotatable bonds is 2. The lowest BCUT2D eigenvalue weighted by atomic mass is 9.98. The maximum absolute atomic E-state index is 10.0. The first kappa shape index (κ1) is 12.1. The fraction of sp³-hybridized carbons (Fsp3) is 0.500. The van der Waals surface area contributed by atoms with Crippen LogP contribution in [0.25, 0.3) is 11.0 Å². The van der Waals surface area contributed by atoms with Gasteiger partial charge in [-0.1, -0.05) is 19.9 Å². The molecule has 0 atom stereocenters. The molecule has 92 valence electrons. The normalized spacial score (nSPS) is 12.6. The zero-order chi connectivity index (χ0) is 12.8. The highest BCUT2D eigenvalue weighted by atomic mass is 16.3. The largest absolute Gasteiger partial charge is 0.386 e. The van der Waals surface area contributed by atoms with Crippen molar-refractivity contribution < 1.29 is 5.11 Å². The zero-order valence-corrected chi connectivity index (χ0v) is 11.2. The van der Waals surface area contributed by atoms with Gasteiger partial charge in [-0.3, -0.25) is 0 Å². The van der Waals surface area contributed by atoms with Crippen LogP contribution in [0.4, 0.5) is 0 Å². The number of fused-ring (bicyclic) bond motifs is 1. The van der Waals surface area contributed by atoms with E-state index in [0.717, 1.165) is 22.4 Å². The van der Waals surface area contributed by atoms with Gasteiger partial charge in [-0.2, -0.15) is 0 Å². The minimum atomic E-state index is -0.809. The van der Waals surface area contributed by atoms with Gasteiger partial charge in [-0.15, -0.1) is 0 Å². The molecule has 1 aromatic carbocycles. The predicted molar refractivity (Wildman–Crippen MR) is 70.0 cm³/mol. The Morgan fingerprint density at radius 1 is 1.29 bits per heavy atom. The highest BCUT2D eigenvalue weighted by molar-refractivity contribution is 5.77. The summed E-state index contributed by atoms with van der Waals surface area (Å²) in [7, 11) is 2.03. The van der Waals surface area contributed by atoms with Gasteiger partial charge in [-0.25, -0.2) is 4.98 Å². The lowest BCUT2D eigenvalue weighted by Gasteiger charge is -2.17. The minimum absolute atomic E-state index is 0.401. The van der Waals surface area contributed by atoms with E-state index in [-0.39, 0.29) is 0 Å². The first-order chi connectivity index (χ1) is 7.80. The molecule has 2 rings (SSSR count). The van der Waals surface area contributed by atoms with Crippen LogP contribution >= 0.6 is 0 Å². The lowest BCUT2D eigenvalue weighted by Crippen LogP contribution is -2.15. The molecule has 0 radical (unpaired) electrons. The highest BCUT2D eigenvalue weighted by Gasteiger charge is 2.18. The topological polar surface area (TPSA) is 38.1 Å². The second-order valence-corrected chi connectivity index (χ2v) is 5.45. The Hall–Kier alpha value is -1.35. The summed E-state index contributed by atoms with van der Waals surface area (Å²) in [6, 6.07) is 5.95. The molecule has 3 heteroatoms. The van der Waals surface area contributed by atoms with Crippen molar-refractivity contribution in [1.82, 2.24) is 9.55 Å². The van der Waals surface area contributed by atoms with Gasteiger partial charge in [0.05, 0.1) is 16.6 Å². The fourth-order valence-electron chi connectivity index (χ4n) is 2.11. The van der Waals surface area contributed by atoms with Crippen LogP contribution in [0.2, 0.25) is 0 Å². The summed E-state index contributed by atoms with van der Waals surface area (Å²) in [6.45, 7) is 7.87. The van der Waals surface area contributed by atoms with Gasteiger partial charge < -0.3 is 9.67 Å². The van der Waals surface area contributed by atoms with E-state index >= 15 is 0 Å². The fourth-order valence-corrected chi connectivity index (χ4v) is 2.11. The molecule has 1 heterocycles. The molecule has 0 amide bonds. The number of benzene rings is 1. The molecule has 2 aromatic rings. The van der Waals surface area contributed by atoms with Crippen molar-refractivity contribution in [3.05, 3.63) is 29.6 Å². The minimum Gasteiger partial charge on any atom is -0.386 e. The third kappa shape index (κ3) is 2.07. The van der Waals surface area contributed by atoms with Crippen molar-refractivity contribution in [2.75, 3.05) is 0 Å². The summed E-state index contributed by atoms with van der Waals surface area (Å²) < 4.78 is 2.11. The molecule has 0 saturated carbocycles. The molecule has 0 aliphatic rings. The molecule has 1 N–H and O–H groups in total. The summed E-state index contributed by atoms with van der Waals surface area (Å²) in [5.41, 5.74) is 2.18. The quantitative estimate of drug-likeness (QED) is 0.864. The number of imidazole rings is 1. The number of aromatic nitrogens is 2. The maximum Gasteiger partial charge on any atom is 0.112 e. The van der Waals surface area contributed by atoms with Crippen molar-refractivity contribution in [1.29, 1.82) is 0 Å². The van der Waals surface area contributed by atoms with E-state index in [2.05, 4.69) is 23.4 Å². The van der Waals surface area contributed by atoms with Gasteiger partial charge in [0, 0.05) is 13.0 Å². The molecular weight excluding hydrogens is 212 g/mol. The number of hydrogen-bond donors (Lipinski definition) is 1. The number of aryl methyl sites for hydroxylation is 1. The van der Waals surface area contributed by atoms with E-state index in [9.17, 15) is 5.11 Å². The van der Waals surface area contributed by atoms with Gasteiger partial charge in [0.25, 0.3) is 0 Å². The Balaban J connectivity index is 2.66. The van der Waals surface area contributed by atoms with Gasteiger partial charge in [0.2, 0.25) is 0 Å². The maximum atomic E-state index is 10.0. The van der Waals surface area contributed by atoms with E-state index in [1.165, 1.54) is 0 Å². The van der Waals surface area contributed by atoms with Crippen LogP contribution in [0, 0.1) is 0 Å². The summed E-state index contributed by atoms with van der Waals surface area (Å²) in [6.07, 6.45) is 0. The van der Waals surface area contributed by atoms with Crippen LogP contribution in [0.15, 0.2) is 18.2 Å². The first-order valence-corrected chi connectivity index (χ1v) is 6.00. The van der Waals surface area contributed by atoms with Crippen LogP contribution in [0.3, 0.4) is 0 Å². The van der Waals surface area contributed by atoms with Crippen molar-refractivity contribution in [3.8, 4) is 0 Å². The number of aliphatic hydroxyl groups is 1. The molecule has 0 aliphatic heterocycles. The molecule has 0 aliphatic carbocycles. The number of nitrogens with zero attached hydrogens (tertiary/aromatic N) is 2. The molecular formula is C14H20N2O. The van der Waals surface area contributed by atoms with E-state index in [1.54, 1.807) is 13.8 Å². The SMILES string of the molecule is CC(C)c1nc2ccc(C(C)(C)O)cc2n1C. The molecule has 0 saturated heterocycles. The van der Waals surface area contributed by atoms with Crippen LogP contribution in [0.1, 0.15) is 45.0 Å². The summed E-state index contributed by atoms with van der Waals surface area (Å²) in [5, 5.41) is 10.0. The molecule has 3 nitrogen and oxygen atoms in total. The van der Waals surface area contributed by atoms with E-state index in [1.807, 2.05) is 25.2 Å². The average Bonchev–Trinajstić information content (AvgIpc) is 2.54. The predicted octanol–water partition coefficient (Wildman–Crippen LogP) is 2.92. The van der Waals surface area contributed by atoms with Gasteiger partial charge >= 0.3 is 0 Å². The lowest BCUT2D eigenvalue weighted by molar-refractivity contribution is 0.0787. The third-order valence-electron chi connectivity index (χ3n) is 3.14. The van der Waals surface area contributed by atoms with Crippen LogP contribution in [0.5, 0.6) is 0 Å². The molecule has 0 bridgehead atoms. The van der Waals surface area contributed by atoms with Crippen LogP contribution < -0.4 is 0 Å². The van der Waals surface area contributed by atoms with Gasteiger partial charge in [-0.05, 0) is 31.5 Å². The molecule has 0 fully saturated rings. The summed E-state index contributed by atoms with van der Waals surface area (Å²) >= 11 is 0. The van der Waals surface area contributed by atoms with E-state index in [4.69, 9.17) is 0 Å². The molecule has 0 unspecified atom stereocenters. The Bertz CT molecular complexity index is 547. The zero-order valence-electron chi connectivity index (χ0n) is 11.2. The van der Waals surface area contributed by atoms with Gasteiger partial charge in [0.15, 0.2) is 0 Å². The van der Waals surface area contributed by atoms with Crippen molar-refractivity contribution in [2.24, 2.45) is 7.05 Å².